The van der Waals surface area contributed by atoms with Gasteiger partial charge in [-0.15, -0.1) is 0 Å². The second kappa shape index (κ2) is 7.01. The third-order valence-corrected chi connectivity index (χ3v) is 2.64. The quantitative estimate of drug-likeness (QED) is 0.787. The number of aliphatic hydroxyl groups is 1. The number of hydrogen-bond acceptors (Lipinski definition) is 3. The van der Waals surface area contributed by atoms with Crippen LogP contribution in [0.25, 0.3) is 0 Å². The van der Waals surface area contributed by atoms with Crippen molar-refractivity contribution in [2.75, 3.05) is 20.7 Å². The Bertz CT molecular complexity index is 373. The van der Waals surface area contributed by atoms with E-state index in [1.54, 1.807) is 38.4 Å². The molecule has 0 aliphatic carbocycles. The molecule has 0 bridgehead atoms. The van der Waals surface area contributed by atoms with Gasteiger partial charge in [-0.25, -0.2) is 0 Å². The van der Waals surface area contributed by atoms with Crippen molar-refractivity contribution in [3.05, 3.63) is 29.8 Å². The van der Waals surface area contributed by atoms with Crippen LogP contribution in [0.5, 0.6) is 5.75 Å². The molecule has 0 aliphatic rings. The highest BCUT2D eigenvalue weighted by atomic mass is 16.5. The number of carbonyl (C=O) groups excluding carboxylic acids is 1. The highest BCUT2D eigenvalue weighted by Gasteiger charge is 2.18. The van der Waals surface area contributed by atoms with Crippen molar-refractivity contribution in [3.8, 4) is 5.75 Å². The van der Waals surface area contributed by atoms with Crippen LogP contribution in [0.1, 0.15) is 31.4 Å². The summed E-state index contributed by atoms with van der Waals surface area (Å²) in [5.74, 6) is 0.436. The number of likely N-dealkylation sites (N-methyl/N-ethyl adjacent to an activating group) is 1. The average molecular weight is 251 g/mol. The zero-order chi connectivity index (χ0) is 13.5. The molecule has 0 heterocycles. The fourth-order valence-electron chi connectivity index (χ4n) is 1.47. The Labute approximate surface area is 108 Å². The first kappa shape index (κ1) is 14.5. The normalized spacial score (nSPS) is 12.0. The molecule has 100 valence electrons. The van der Waals surface area contributed by atoms with Gasteiger partial charge in [0.05, 0.1) is 6.61 Å². The van der Waals surface area contributed by atoms with Gasteiger partial charge in [0, 0.05) is 14.1 Å². The largest absolute Gasteiger partial charge is 0.494 e. The van der Waals surface area contributed by atoms with E-state index >= 15 is 0 Å². The smallest absolute Gasteiger partial charge is 0.255 e. The molecule has 4 heteroatoms. The number of hydrogen-bond donors (Lipinski definition) is 1. The molecule has 1 N–H and O–H groups in total. The number of nitrogens with zero attached hydrogens (tertiary/aromatic N) is 1. The summed E-state index contributed by atoms with van der Waals surface area (Å²) in [7, 11) is 3.24. The molecule has 0 saturated heterocycles. The maximum absolute atomic E-state index is 11.6. The van der Waals surface area contributed by atoms with Gasteiger partial charge in [0.2, 0.25) is 0 Å². The molecule has 1 aromatic rings. The van der Waals surface area contributed by atoms with Crippen LogP contribution in [0.3, 0.4) is 0 Å². The standard InChI is InChI=1S/C14H21NO3/c1-4-5-10-18-12-8-6-11(7-9-12)13(16)14(17)15(2)3/h6-9,13,16H,4-5,10H2,1-3H3. The zero-order valence-corrected chi connectivity index (χ0v) is 11.2. The van der Waals surface area contributed by atoms with E-state index in [2.05, 4.69) is 6.92 Å². The third-order valence-electron chi connectivity index (χ3n) is 2.64. The van der Waals surface area contributed by atoms with Gasteiger partial charge in [-0.05, 0) is 24.1 Å². The molecule has 1 amide bonds. The highest BCUT2D eigenvalue weighted by molar-refractivity contribution is 5.81. The molecule has 0 saturated carbocycles. The van der Waals surface area contributed by atoms with Crippen LogP contribution in [0.4, 0.5) is 0 Å². The summed E-state index contributed by atoms with van der Waals surface area (Å²) in [5.41, 5.74) is 0.580. The number of benzene rings is 1. The Morgan fingerprint density at radius 3 is 2.44 bits per heavy atom. The maximum atomic E-state index is 11.6. The van der Waals surface area contributed by atoms with Gasteiger partial charge in [0.15, 0.2) is 6.10 Å². The van der Waals surface area contributed by atoms with Crippen molar-refractivity contribution >= 4 is 5.91 Å². The summed E-state index contributed by atoms with van der Waals surface area (Å²) < 4.78 is 5.51. The SMILES string of the molecule is CCCCOc1ccc(C(O)C(=O)N(C)C)cc1. The lowest BCUT2D eigenvalue weighted by Gasteiger charge is -2.16. The van der Waals surface area contributed by atoms with Gasteiger partial charge >= 0.3 is 0 Å². The molecule has 0 fully saturated rings. The van der Waals surface area contributed by atoms with Crippen LogP contribution in [0.2, 0.25) is 0 Å². The lowest BCUT2D eigenvalue weighted by molar-refractivity contribution is -0.137. The Morgan fingerprint density at radius 2 is 1.94 bits per heavy atom. The highest BCUT2D eigenvalue weighted by Crippen LogP contribution is 2.19. The summed E-state index contributed by atoms with van der Waals surface area (Å²) in [5, 5.41) is 9.83. The molecular weight excluding hydrogens is 230 g/mol. The molecule has 0 spiro atoms. The summed E-state index contributed by atoms with van der Waals surface area (Å²) in [4.78, 5) is 13.0. The number of carbonyl (C=O) groups is 1. The Kier molecular flexibility index (Phi) is 5.65. The van der Waals surface area contributed by atoms with Crippen molar-refractivity contribution in [1.82, 2.24) is 4.90 Å². The van der Waals surface area contributed by atoms with Gasteiger partial charge in [-0.3, -0.25) is 4.79 Å². The van der Waals surface area contributed by atoms with E-state index in [1.165, 1.54) is 4.90 Å². The third kappa shape index (κ3) is 4.04. The van der Waals surface area contributed by atoms with E-state index in [1.807, 2.05) is 0 Å². The van der Waals surface area contributed by atoms with E-state index in [-0.39, 0.29) is 5.91 Å². The molecule has 1 atom stereocenters. The van der Waals surface area contributed by atoms with Crippen LogP contribution in [-0.4, -0.2) is 36.6 Å². The van der Waals surface area contributed by atoms with Crippen LogP contribution in [0.15, 0.2) is 24.3 Å². The van der Waals surface area contributed by atoms with Gasteiger partial charge in [-0.2, -0.15) is 0 Å². The van der Waals surface area contributed by atoms with E-state index in [9.17, 15) is 9.90 Å². The minimum atomic E-state index is -1.11. The second-order valence-electron chi connectivity index (χ2n) is 4.41. The Morgan fingerprint density at radius 1 is 1.33 bits per heavy atom. The number of ether oxygens (including phenoxy) is 1. The predicted octanol–water partition coefficient (Wildman–Crippen LogP) is 1.99. The Balaban J connectivity index is 2.62. The summed E-state index contributed by atoms with van der Waals surface area (Å²) >= 11 is 0. The minimum Gasteiger partial charge on any atom is -0.494 e. The van der Waals surface area contributed by atoms with Crippen molar-refractivity contribution in [1.29, 1.82) is 0 Å². The fourth-order valence-corrected chi connectivity index (χ4v) is 1.47. The Hall–Kier alpha value is -1.55. The van der Waals surface area contributed by atoms with Crippen LogP contribution >= 0.6 is 0 Å². The molecule has 1 aromatic carbocycles. The van der Waals surface area contributed by atoms with Crippen LogP contribution < -0.4 is 4.74 Å². The van der Waals surface area contributed by atoms with Gasteiger partial charge in [0.25, 0.3) is 5.91 Å². The molecule has 1 unspecified atom stereocenters. The van der Waals surface area contributed by atoms with Crippen LogP contribution in [-0.2, 0) is 4.79 Å². The maximum Gasteiger partial charge on any atom is 0.255 e. The topological polar surface area (TPSA) is 49.8 Å². The van der Waals surface area contributed by atoms with E-state index in [0.29, 0.717) is 12.2 Å². The molecule has 0 aliphatic heterocycles. The molecular formula is C14H21NO3. The minimum absolute atomic E-state index is 0.324. The van der Waals surface area contributed by atoms with Gasteiger partial charge in [-0.1, -0.05) is 25.5 Å². The lowest BCUT2D eigenvalue weighted by Crippen LogP contribution is -2.27. The molecule has 4 nitrogen and oxygen atoms in total. The molecule has 1 rings (SSSR count). The van der Waals surface area contributed by atoms with E-state index in [4.69, 9.17) is 4.74 Å². The summed E-state index contributed by atoms with van der Waals surface area (Å²) in [6, 6.07) is 6.98. The van der Waals surface area contributed by atoms with Crippen molar-refractivity contribution in [3.63, 3.8) is 0 Å². The first-order valence-corrected chi connectivity index (χ1v) is 6.18. The van der Waals surface area contributed by atoms with Gasteiger partial charge < -0.3 is 14.7 Å². The lowest BCUT2D eigenvalue weighted by atomic mass is 10.1. The number of rotatable bonds is 6. The molecule has 18 heavy (non-hydrogen) atoms. The number of aliphatic hydroxyl groups excluding tert-OH is 1. The average Bonchev–Trinajstić information content (AvgIpc) is 2.38. The van der Waals surface area contributed by atoms with Crippen LogP contribution in [0, 0.1) is 0 Å². The first-order chi connectivity index (χ1) is 8.56. The monoisotopic (exact) mass is 251 g/mol. The van der Waals surface area contributed by atoms with Gasteiger partial charge in [0.1, 0.15) is 5.75 Å². The van der Waals surface area contributed by atoms with E-state index in [0.717, 1.165) is 18.6 Å². The first-order valence-electron chi connectivity index (χ1n) is 6.18. The molecule has 0 aromatic heterocycles. The predicted molar refractivity (Wildman–Crippen MR) is 70.5 cm³/mol. The summed E-state index contributed by atoms with van der Waals surface area (Å²) in [6.07, 6.45) is 1.00. The fraction of sp³-hybridized carbons (Fsp3) is 0.500. The second-order valence-corrected chi connectivity index (χ2v) is 4.41. The zero-order valence-electron chi connectivity index (χ0n) is 11.2. The van der Waals surface area contributed by atoms with E-state index < -0.39 is 6.10 Å². The molecule has 0 radical (unpaired) electrons. The van der Waals surface area contributed by atoms with Crippen molar-refractivity contribution < 1.29 is 14.6 Å². The number of amides is 1. The van der Waals surface area contributed by atoms with Crippen molar-refractivity contribution in [2.45, 2.75) is 25.9 Å². The summed E-state index contributed by atoms with van der Waals surface area (Å²) in [6.45, 7) is 2.80. The van der Waals surface area contributed by atoms with Crippen molar-refractivity contribution in [2.24, 2.45) is 0 Å². The number of unbranched alkanes of at least 4 members (excludes halogenated alkanes) is 1.